The lowest BCUT2D eigenvalue weighted by atomic mass is 9.93. The van der Waals surface area contributed by atoms with Crippen LogP contribution in [0.15, 0.2) is 72.8 Å². The van der Waals surface area contributed by atoms with Crippen molar-refractivity contribution in [2.45, 2.75) is 126 Å². The number of esters is 2. The van der Waals surface area contributed by atoms with Crippen molar-refractivity contribution in [3.05, 3.63) is 89.5 Å². The summed E-state index contributed by atoms with van der Waals surface area (Å²) < 4.78 is 183. The highest BCUT2D eigenvalue weighted by atomic mass is 35.5. The Morgan fingerprint density at radius 2 is 1.02 bits per heavy atom. The summed E-state index contributed by atoms with van der Waals surface area (Å²) in [6.45, 7) is 1.95. The van der Waals surface area contributed by atoms with Crippen LogP contribution < -0.4 is 14.2 Å². The van der Waals surface area contributed by atoms with Crippen LogP contribution in [0.25, 0.3) is 0 Å². The molecule has 0 amide bonds. The molecule has 0 unspecified atom stereocenters. The number of carbonyl (C=O) groups is 2. The van der Waals surface area contributed by atoms with Crippen molar-refractivity contribution in [1.29, 1.82) is 0 Å². The molecule has 0 N–H and O–H groups in total. The highest BCUT2D eigenvalue weighted by Gasteiger charge is 2.89. The van der Waals surface area contributed by atoms with Gasteiger partial charge in [0.25, 0.3) is 0 Å². The van der Waals surface area contributed by atoms with Gasteiger partial charge in [0.1, 0.15) is 17.2 Å². The maximum absolute atomic E-state index is 14.1. The van der Waals surface area contributed by atoms with Gasteiger partial charge in [0.2, 0.25) is 0 Å². The summed E-state index contributed by atoms with van der Waals surface area (Å²) in [6, 6.07) is 18.4. The number of hydrogen-bond donors (Lipinski definition) is 0. The van der Waals surface area contributed by atoms with Crippen molar-refractivity contribution < 1.29 is 81.2 Å². The summed E-state index contributed by atoms with van der Waals surface area (Å²) in [5.74, 6) is -32.3. The third-order valence-electron chi connectivity index (χ3n) is 9.43. The van der Waals surface area contributed by atoms with Crippen molar-refractivity contribution in [2.75, 3.05) is 13.2 Å². The van der Waals surface area contributed by atoms with Crippen LogP contribution in [0.2, 0.25) is 0 Å². The normalized spacial score (nSPS) is 13.1. The molecule has 0 aliphatic rings. The van der Waals surface area contributed by atoms with Crippen LogP contribution in [-0.4, -0.2) is 66.3 Å². The van der Waals surface area contributed by atoms with Crippen LogP contribution in [0.3, 0.4) is 0 Å². The summed E-state index contributed by atoms with van der Waals surface area (Å²) >= 11 is 3.67. The second-order valence-electron chi connectivity index (χ2n) is 14.4. The second kappa shape index (κ2) is 22.7. The van der Waals surface area contributed by atoms with Crippen LogP contribution in [0, 0.1) is 11.8 Å². The highest BCUT2D eigenvalue weighted by Crippen LogP contribution is 2.61. The molecule has 1 atom stereocenters. The first-order valence-electron chi connectivity index (χ1n) is 19.8. The number of ether oxygens (including phenoxy) is 4. The number of rotatable bonds is 25. The Hall–Kier alpha value is -4.79. The van der Waals surface area contributed by atoms with Gasteiger partial charge in [-0.25, -0.2) is 9.59 Å². The highest BCUT2D eigenvalue weighted by molar-refractivity contribution is 6.22. The SMILES string of the molecule is CCCCCCCCCCCCOc1ccc(C#Cc2ccc(C(=O)Oc3ccc(O[C@@H](C)C(=O)OCCC(F)(F)C(F)(F)C(F)(F)C(F)(F)C(F)(F)C(F)(F)Cl)cc3)cc2)cc1. The molecule has 3 aromatic rings. The molecule has 3 aromatic carbocycles. The quantitative estimate of drug-likeness (QED) is 0.0210. The van der Waals surface area contributed by atoms with Crippen LogP contribution in [0.1, 0.15) is 106 Å². The summed E-state index contributed by atoms with van der Waals surface area (Å²) in [4.78, 5) is 24.9. The van der Waals surface area contributed by atoms with E-state index in [1.807, 2.05) is 24.3 Å². The summed E-state index contributed by atoms with van der Waals surface area (Å²) in [5.41, 5.74) is 1.53. The maximum atomic E-state index is 14.1. The average molecular weight is 933 g/mol. The van der Waals surface area contributed by atoms with Gasteiger partial charge in [0, 0.05) is 11.1 Å². The number of carbonyl (C=O) groups excluding carboxylic acids is 2. The van der Waals surface area contributed by atoms with Gasteiger partial charge >= 0.3 is 46.9 Å². The summed E-state index contributed by atoms with van der Waals surface area (Å²) in [6.07, 6.45) is 8.07. The fourth-order valence-electron chi connectivity index (χ4n) is 5.61. The molecule has 348 valence electrons. The van der Waals surface area contributed by atoms with Crippen LogP contribution >= 0.6 is 11.6 Å². The van der Waals surface area contributed by atoms with E-state index in [9.17, 15) is 62.3 Å². The van der Waals surface area contributed by atoms with Crippen molar-refractivity contribution >= 4 is 23.5 Å². The summed E-state index contributed by atoms with van der Waals surface area (Å²) in [5, 5.41) is -6.55. The van der Waals surface area contributed by atoms with E-state index >= 15 is 0 Å². The third kappa shape index (κ3) is 14.1. The first-order valence-corrected chi connectivity index (χ1v) is 20.2. The average Bonchev–Trinajstić information content (AvgIpc) is 3.22. The molecule has 0 bridgehead atoms. The minimum absolute atomic E-state index is 0.000407. The molecule has 0 saturated heterocycles. The largest absolute Gasteiger partial charge is 0.494 e. The van der Waals surface area contributed by atoms with Crippen LogP contribution in [0.5, 0.6) is 17.2 Å². The predicted molar refractivity (Wildman–Crippen MR) is 209 cm³/mol. The smallest absolute Gasteiger partial charge is 0.393 e. The van der Waals surface area contributed by atoms with Gasteiger partial charge < -0.3 is 18.9 Å². The molecule has 0 aliphatic heterocycles. The van der Waals surface area contributed by atoms with Gasteiger partial charge in [0.15, 0.2) is 6.10 Å². The second-order valence-corrected chi connectivity index (χ2v) is 14.9. The van der Waals surface area contributed by atoms with Crippen molar-refractivity contribution in [1.82, 2.24) is 0 Å². The Bertz CT molecular complexity index is 1960. The first kappa shape index (κ1) is 52.6. The lowest BCUT2D eigenvalue weighted by Crippen LogP contribution is -2.70. The maximum Gasteiger partial charge on any atom is 0.393 e. The zero-order valence-electron chi connectivity index (χ0n) is 34.1. The molecule has 0 radical (unpaired) electrons. The Balaban J connectivity index is 1.43. The molecule has 0 heterocycles. The molecular weight excluding hydrogens is 888 g/mol. The van der Waals surface area contributed by atoms with Crippen LogP contribution in [0.4, 0.5) is 52.7 Å². The van der Waals surface area contributed by atoms with Gasteiger partial charge in [0.05, 0.1) is 25.2 Å². The van der Waals surface area contributed by atoms with E-state index in [2.05, 4.69) is 35.1 Å². The van der Waals surface area contributed by atoms with E-state index < -0.39 is 66.1 Å². The van der Waals surface area contributed by atoms with Gasteiger partial charge in [-0.1, -0.05) is 76.6 Å². The van der Waals surface area contributed by atoms with Crippen molar-refractivity contribution in [3.8, 4) is 29.1 Å². The zero-order valence-corrected chi connectivity index (χ0v) is 34.8. The minimum atomic E-state index is -7.79. The number of halogens is 13. The van der Waals surface area contributed by atoms with Gasteiger partial charge in [-0.05, 0) is 97.7 Å². The molecular formula is C44H45ClF12O6. The number of alkyl halides is 13. The third-order valence-corrected chi connectivity index (χ3v) is 9.67. The Morgan fingerprint density at radius 1 is 0.571 bits per heavy atom. The number of hydrogen-bond acceptors (Lipinski definition) is 6. The monoisotopic (exact) mass is 932 g/mol. The lowest BCUT2D eigenvalue weighted by Gasteiger charge is -2.40. The van der Waals surface area contributed by atoms with Crippen molar-refractivity contribution in [3.63, 3.8) is 0 Å². The fraction of sp³-hybridized carbons (Fsp3) is 0.500. The Kier molecular flexibility index (Phi) is 18.9. The first-order chi connectivity index (χ1) is 29.4. The molecule has 19 heteroatoms. The van der Waals surface area contributed by atoms with E-state index in [1.165, 1.54) is 87.8 Å². The Labute approximate surface area is 361 Å². The van der Waals surface area contributed by atoms with E-state index in [4.69, 9.17) is 14.2 Å². The molecule has 0 aliphatic carbocycles. The zero-order chi connectivity index (χ0) is 47.1. The Morgan fingerprint density at radius 3 is 1.52 bits per heavy atom. The predicted octanol–water partition coefficient (Wildman–Crippen LogP) is 13.3. The molecule has 6 nitrogen and oxygen atoms in total. The van der Waals surface area contributed by atoms with Gasteiger partial charge in [-0.2, -0.15) is 52.7 Å². The number of benzene rings is 3. The molecule has 0 saturated carbocycles. The minimum Gasteiger partial charge on any atom is -0.494 e. The molecule has 3 rings (SSSR count). The topological polar surface area (TPSA) is 71.1 Å². The van der Waals surface area contributed by atoms with Crippen molar-refractivity contribution in [2.24, 2.45) is 0 Å². The van der Waals surface area contributed by atoms with E-state index in [0.717, 1.165) is 31.1 Å². The fourth-order valence-corrected chi connectivity index (χ4v) is 5.73. The lowest BCUT2D eigenvalue weighted by molar-refractivity contribution is -0.417. The standard InChI is InChI=1S/C44H45ClF12O6/c1-3-4-5-6-7-8-9-10-11-12-28-60-34-21-17-32(18-22-34)14-13-31-15-19-33(20-16-31)38(59)63-36-25-23-35(24-26-36)62-30(2)37(58)61-29-27-39(46,47)40(48,49)41(50,51)42(52,53)43(54,55)44(45,56)57/h15-26,30H,3-12,27-29H2,1-2H3/t30-/m0/s1. The molecule has 63 heavy (non-hydrogen) atoms. The van der Waals surface area contributed by atoms with E-state index in [0.29, 0.717) is 12.2 Å². The van der Waals surface area contributed by atoms with Crippen LogP contribution in [-0.2, 0) is 9.53 Å². The van der Waals surface area contributed by atoms with Gasteiger partial charge in [-0.3, -0.25) is 0 Å². The number of unbranched alkanes of at least 4 members (excludes halogenated alkanes) is 9. The van der Waals surface area contributed by atoms with E-state index in [-0.39, 0.29) is 17.1 Å². The molecule has 0 spiro atoms. The van der Waals surface area contributed by atoms with Gasteiger partial charge in [-0.15, -0.1) is 0 Å². The molecule has 0 fully saturated rings. The molecule has 0 aromatic heterocycles. The summed E-state index contributed by atoms with van der Waals surface area (Å²) in [7, 11) is 0. The van der Waals surface area contributed by atoms with E-state index in [1.54, 1.807) is 12.1 Å².